The van der Waals surface area contributed by atoms with Gasteiger partial charge in [-0.1, -0.05) is 19.9 Å². The van der Waals surface area contributed by atoms with Gasteiger partial charge in [-0.05, 0) is 18.1 Å². The Hall–Kier alpha value is -1.58. The molecule has 146 valence electrons. The van der Waals surface area contributed by atoms with Gasteiger partial charge in [-0.25, -0.2) is 4.98 Å². The molecule has 0 unspecified atom stereocenters. The fourth-order valence-electron chi connectivity index (χ4n) is 2.69. The zero-order valence-electron chi connectivity index (χ0n) is 15.9. The Balaban J connectivity index is 0.00000338. The molecule has 1 fully saturated rings. The molecule has 0 aromatic carbocycles. The Morgan fingerprint density at radius 2 is 1.96 bits per heavy atom. The lowest BCUT2D eigenvalue weighted by Gasteiger charge is -2.35. The van der Waals surface area contributed by atoms with Crippen LogP contribution in [0, 0.1) is 5.92 Å². The number of amides is 1. The highest BCUT2D eigenvalue weighted by Gasteiger charge is 2.21. The van der Waals surface area contributed by atoms with Crippen molar-refractivity contribution in [3.8, 4) is 0 Å². The molecular weight excluding hydrogens is 443 g/mol. The molecule has 26 heavy (non-hydrogen) atoms. The molecule has 0 bridgehead atoms. The molecule has 0 radical (unpaired) electrons. The monoisotopic (exact) mass is 474 g/mol. The van der Waals surface area contributed by atoms with Crippen LogP contribution in [0.5, 0.6) is 0 Å². The van der Waals surface area contributed by atoms with Crippen molar-refractivity contribution >= 4 is 41.7 Å². The van der Waals surface area contributed by atoms with Crippen LogP contribution in [0.25, 0.3) is 0 Å². The number of rotatable bonds is 6. The number of hydrogen-bond donors (Lipinski definition) is 2. The SMILES string of the molecule is CN=C(NCCC(=O)N1CCN(c2ccccn2)CC1)NCC(C)C.I. The minimum atomic E-state index is 0. The van der Waals surface area contributed by atoms with Crippen LogP contribution in [0.1, 0.15) is 20.3 Å². The van der Waals surface area contributed by atoms with Gasteiger partial charge >= 0.3 is 0 Å². The van der Waals surface area contributed by atoms with Crippen molar-refractivity contribution < 1.29 is 4.79 Å². The number of aromatic nitrogens is 1. The highest BCUT2D eigenvalue weighted by molar-refractivity contribution is 14.0. The lowest BCUT2D eigenvalue weighted by atomic mass is 10.2. The zero-order chi connectivity index (χ0) is 18.1. The molecule has 1 aromatic rings. The maximum atomic E-state index is 12.4. The Kier molecular flexibility index (Phi) is 10.3. The highest BCUT2D eigenvalue weighted by Crippen LogP contribution is 2.12. The number of guanidine groups is 1. The van der Waals surface area contributed by atoms with Crippen LogP contribution in [0.15, 0.2) is 29.4 Å². The van der Waals surface area contributed by atoms with Gasteiger partial charge < -0.3 is 20.4 Å². The van der Waals surface area contributed by atoms with Gasteiger partial charge in [0.1, 0.15) is 5.82 Å². The minimum absolute atomic E-state index is 0. The van der Waals surface area contributed by atoms with Gasteiger partial charge in [0, 0.05) is 58.9 Å². The predicted octanol–water partition coefficient (Wildman–Crippen LogP) is 1.56. The van der Waals surface area contributed by atoms with E-state index in [0.717, 1.165) is 44.5 Å². The van der Waals surface area contributed by atoms with E-state index in [1.54, 1.807) is 13.2 Å². The first-order valence-corrected chi connectivity index (χ1v) is 8.98. The zero-order valence-corrected chi connectivity index (χ0v) is 18.3. The van der Waals surface area contributed by atoms with Gasteiger partial charge in [0.15, 0.2) is 5.96 Å². The molecule has 1 aliphatic heterocycles. The molecule has 2 N–H and O–H groups in total. The third-order valence-corrected chi connectivity index (χ3v) is 4.14. The first-order valence-electron chi connectivity index (χ1n) is 8.98. The molecule has 1 amide bonds. The highest BCUT2D eigenvalue weighted by atomic mass is 127. The van der Waals surface area contributed by atoms with Gasteiger partial charge in [-0.2, -0.15) is 0 Å². The van der Waals surface area contributed by atoms with Crippen LogP contribution in [0.2, 0.25) is 0 Å². The lowest BCUT2D eigenvalue weighted by Crippen LogP contribution is -2.49. The summed E-state index contributed by atoms with van der Waals surface area (Å²) in [5, 5.41) is 6.45. The normalized spacial score (nSPS) is 14.8. The number of anilines is 1. The maximum Gasteiger partial charge on any atom is 0.224 e. The average molecular weight is 474 g/mol. The summed E-state index contributed by atoms with van der Waals surface area (Å²) in [6, 6.07) is 5.92. The Labute approximate surface area is 173 Å². The van der Waals surface area contributed by atoms with Crippen LogP contribution in [-0.2, 0) is 4.79 Å². The number of carbonyl (C=O) groups excluding carboxylic acids is 1. The van der Waals surface area contributed by atoms with Gasteiger partial charge in [-0.15, -0.1) is 24.0 Å². The van der Waals surface area contributed by atoms with E-state index in [0.29, 0.717) is 18.9 Å². The van der Waals surface area contributed by atoms with E-state index in [9.17, 15) is 4.79 Å². The predicted molar refractivity (Wildman–Crippen MR) is 117 cm³/mol. The summed E-state index contributed by atoms with van der Waals surface area (Å²) in [7, 11) is 1.74. The summed E-state index contributed by atoms with van der Waals surface area (Å²) < 4.78 is 0. The molecule has 2 heterocycles. The van der Waals surface area contributed by atoms with Crippen molar-refractivity contribution in [2.24, 2.45) is 10.9 Å². The third-order valence-electron chi connectivity index (χ3n) is 4.14. The standard InChI is InChI=1S/C18H30N6O.HI/c1-15(2)14-22-18(19-3)21-9-7-17(25)24-12-10-23(11-13-24)16-6-4-5-8-20-16;/h4-6,8,15H,7,9-14H2,1-3H3,(H2,19,21,22);1H. The second-order valence-electron chi connectivity index (χ2n) is 6.58. The van der Waals surface area contributed by atoms with Crippen molar-refractivity contribution in [2.75, 3.05) is 51.2 Å². The van der Waals surface area contributed by atoms with E-state index in [4.69, 9.17) is 0 Å². The van der Waals surface area contributed by atoms with Crippen LogP contribution >= 0.6 is 24.0 Å². The van der Waals surface area contributed by atoms with Crippen molar-refractivity contribution in [3.05, 3.63) is 24.4 Å². The van der Waals surface area contributed by atoms with E-state index in [-0.39, 0.29) is 29.9 Å². The van der Waals surface area contributed by atoms with Gasteiger partial charge in [-0.3, -0.25) is 9.79 Å². The Bertz CT molecular complexity index is 558. The summed E-state index contributed by atoms with van der Waals surface area (Å²) in [5.41, 5.74) is 0. The molecule has 0 spiro atoms. The van der Waals surface area contributed by atoms with Gasteiger partial charge in [0.25, 0.3) is 0 Å². The van der Waals surface area contributed by atoms with Crippen molar-refractivity contribution in [1.82, 2.24) is 20.5 Å². The van der Waals surface area contributed by atoms with E-state index < -0.39 is 0 Å². The summed E-state index contributed by atoms with van der Waals surface area (Å²) in [5.74, 6) is 2.47. The number of pyridine rings is 1. The van der Waals surface area contributed by atoms with E-state index in [1.165, 1.54) is 0 Å². The molecule has 0 aliphatic carbocycles. The van der Waals surface area contributed by atoms with Crippen LogP contribution in [0.3, 0.4) is 0 Å². The summed E-state index contributed by atoms with van der Waals surface area (Å²) in [4.78, 5) is 25.1. The molecule has 8 heteroatoms. The van der Waals surface area contributed by atoms with Gasteiger partial charge in [0.05, 0.1) is 0 Å². The van der Waals surface area contributed by atoms with Crippen molar-refractivity contribution in [2.45, 2.75) is 20.3 Å². The number of aliphatic imine (C=N–C) groups is 1. The molecule has 2 rings (SSSR count). The number of piperazine rings is 1. The molecule has 1 aliphatic rings. The number of halogens is 1. The Morgan fingerprint density at radius 3 is 2.54 bits per heavy atom. The topological polar surface area (TPSA) is 72.9 Å². The largest absolute Gasteiger partial charge is 0.356 e. The van der Waals surface area contributed by atoms with E-state index in [2.05, 4.69) is 39.4 Å². The second-order valence-corrected chi connectivity index (χ2v) is 6.58. The Morgan fingerprint density at radius 1 is 1.23 bits per heavy atom. The molecule has 1 saturated heterocycles. The maximum absolute atomic E-state index is 12.4. The van der Waals surface area contributed by atoms with Crippen LogP contribution in [0.4, 0.5) is 5.82 Å². The molecule has 0 atom stereocenters. The van der Waals surface area contributed by atoms with Crippen LogP contribution < -0.4 is 15.5 Å². The number of hydrogen-bond acceptors (Lipinski definition) is 4. The quantitative estimate of drug-likeness (QED) is 0.372. The average Bonchev–Trinajstić information content (AvgIpc) is 2.65. The smallest absolute Gasteiger partial charge is 0.224 e. The fraction of sp³-hybridized carbons (Fsp3) is 0.611. The van der Waals surface area contributed by atoms with Gasteiger partial charge in [0.2, 0.25) is 5.91 Å². The first kappa shape index (κ1) is 22.5. The lowest BCUT2D eigenvalue weighted by molar-refractivity contribution is -0.131. The fourth-order valence-corrected chi connectivity index (χ4v) is 2.69. The summed E-state index contributed by atoms with van der Waals surface area (Å²) >= 11 is 0. The minimum Gasteiger partial charge on any atom is -0.356 e. The molecule has 1 aromatic heterocycles. The molecule has 0 saturated carbocycles. The molecule has 7 nitrogen and oxygen atoms in total. The number of nitrogens with one attached hydrogen (secondary N) is 2. The number of nitrogens with zero attached hydrogens (tertiary/aromatic N) is 4. The number of carbonyl (C=O) groups is 1. The van der Waals surface area contributed by atoms with Crippen molar-refractivity contribution in [1.29, 1.82) is 0 Å². The van der Waals surface area contributed by atoms with Crippen LogP contribution in [-0.4, -0.2) is 68.1 Å². The van der Waals surface area contributed by atoms with E-state index in [1.807, 2.05) is 23.1 Å². The summed E-state index contributed by atoms with van der Waals surface area (Å²) in [6.07, 6.45) is 2.28. The third kappa shape index (κ3) is 7.35. The van der Waals surface area contributed by atoms with E-state index >= 15 is 0 Å². The molecular formula is C18H31IN6O. The summed E-state index contributed by atoms with van der Waals surface area (Å²) in [6.45, 7) is 8.90. The van der Waals surface area contributed by atoms with Crippen molar-refractivity contribution in [3.63, 3.8) is 0 Å². The second kappa shape index (κ2) is 11.9. The first-order chi connectivity index (χ1) is 12.1.